The van der Waals surface area contributed by atoms with Gasteiger partial charge in [0.15, 0.2) is 5.69 Å². The Morgan fingerprint density at radius 3 is 2.55 bits per heavy atom. The van der Waals surface area contributed by atoms with Gasteiger partial charge in [-0.05, 0) is 25.0 Å². The van der Waals surface area contributed by atoms with Crippen molar-refractivity contribution in [1.82, 2.24) is 15.0 Å². The molecule has 0 radical (unpaired) electrons. The minimum Gasteiger partial charge on any atom is -0.476 e. The maximum absolute atomic E-state index is 11.2. The fraction of sp³-hybridized carbons (Fsp3) is 0.308. The van der Waals surface area contributed by atoms with E-state index in [1.54, 1.807) is 22.9 Å². The van der Waals surface area contributed by atoms with Gasteiger partial charge in [-0.15, -0.1) is 5.10 Å². The van der Waals surface area contributed by atoms with Gasteiger partial charge in [0.1, 0.15) is 0 Å². The van der Waals surface area contributed by atoms with Crippen molar-refractivity contribution in [1.29, 1.82) is 0 Å². The summed E-state index contributed by atoms with van der Waals surface area (Å²) >= 11 is 12.3. The lowest BCUT2D eigenvalue weighted by Crippen LogP contribution is -2.09. The van der Waals surface area contributed by atoms with Crippen LogP contribution in [0.25, 0.3) is 0 Å². The third-order valence-corrected chi connectivity index (χ3v) is 4.02. The molecule has 0 saturated heterocycles. The smallest absolute Gasteiger partial charge is 0.358 e. The van der Waals surface area contributed by atoms with Gasteiger partial charge in [0.2, 0.25) is 0 Å². The van der Waals surface area contributed by atoms with E-state index in [4.69, 9.17) is 28.3 Å². The zero-order valence-corrected chi connectivity index (χ0v) is 11.9. The fourth-order valence-electron chi connectivity index (χ4n) is 2.18. The topological polar surface area (TPSA) is 68.0 Å². The zero-order valence-electron chi connectivity index (χ0n) is 10.4. The molecule has 5 nitrogen and oxygen atoms in total. The summed E-state index contributed by atoms with van der Waals surface area (Å²) in [5.74, 6) is -0.833. The van der Waals surface area contributed by atoms with Crippen LogP contribution in [0.5, 0.6) is 0 Å². The first-order chi connectivity index (χ1) is 9.58. The number of carboxylic acid groups (broad SMARTS) is 1. The van der Waals surface area contributed by atoms with Crippen molar-refractivity contribution in [3.05, 3.63) is 45.2 Å². The SMILES string of the molecule is O=C(O)c1nnn(Cc2c(Cl)cccc2Cl)c1C1CC1. The van der Waals surface area contributed by atoms with Crippen LogP contribution in [0.15, 0.2) is 18.2 Å². The number of nitrogens with zero attached hydrogens (tertiary/aromatic N) is 3. The van der Waals surface area contributed by atoms with E-state index in [1.165, 1.54) is 0 Å². The van der Waals surface area contributed by atoms with E-state index in [2.05, 4.69) is 10.3 Å². The molecule has 7 heteroatoms. The van der Waals surface area contributed by atoms with E-state index in [0.717, 1.165) is 18.4 Å². The van der Waals surface area contributed by atoms with Crippen LogP contribution in [-0.2, 0) is 6.54 Å². The molecule has 1 aromatic carbocycles. The summed E-state index contributed by atoms with van der Waals surface area (Å²) in [6.45, 7) is 0.324. The Morgan fingerprint density at radius 1 is 1.35 bits per heavy atom. The zero-order chi connectivity index (χ0) is 14.3. The lowest BCUT2D eigenvalue weighted by Gasteiger charge is -2.09. The summed E-state index contributed by atoms with van der Waals surface area (Å²) in [6.07, 6.45) is 1.92. The molecule has 20 heavy (non-hydrogen) atoms. The highest BCUT2D eigenvalue weighted by molar-refractivity contribution is 6.35. The number of aromatic nitrogens is 3. The summed E-state index contributed by atoms with van der Waals surface area (Å²) in [4.78, 5) is 11.2. The molecular weight excluding hydrogens is 301 g/mol. The summed E-state index contributed by atoms with van der Waals surface area (Å²) < 4.78 is 1.59. The predicted octanol–water partition coefficient (Wildman–Crippen LogP) is 3.21. The summed E-state index contributed by atoms with van der Waals surface area (Å²) in [5.41, 5.74) is 1.41. The number of carboxylic acids is 1. The van der Waals surface area contributed by atoms with Crippen molar-refractivity contribution < 1.29 is 9.90 Å². The second-order valence-electron chi connectivity index (χ2n) is 4.76. The standard InChI is InChI=1S/C13H11Cl2N3O2/c14-9-2-1-3-10(15)8(9)6-18-12(7-4-5-7)11(13(19)20)16-17-18/h1-3,7H,4-6H2,(H,19,20). The van der Waals surface area contributed by atoms with E-state index in [1.807, 2.05) is 0 Å². The first kappa shape index (κ1) is 13.4. The Hall–Kier alpha value is -1.59. The Kier molecular flexibility index (Phi) is 3.40. The highest BCUT2D eigenvalue weighted by atomic mass is 35.5. The number of aromatic carboxylic acids is 1. The minimum absolute atomic E-state index is 0.0238. The number of rotatable bonds is 4. The number of halogens is 2. The van der Waals surface area contributed by atoms with Gasteiger partial charge in [-0.1, -0.05) is 34.5 Å². The summed E-state index contributed by atoms with van der Waals surface area (Å²) in [5, 5.41) is 17.9. The van der Waals surface area contributed by atoms with Crippen molar-refractivity contribution in [2.24, 2.45) is 0 Å². The Bertz CT molecular complexity index is 660. The molecule has 1 saturated carbocycles. The van der Waals surface area contributed by atoms with Crippen molar-refractivity contribution in [3.63, 3.8) is 0 Å². The maximum Gasteiger partial charge on any atom is 0.358 e. The second-order valence-corrected chi connectivity index (χ2v) is 5.57. The van der Waals surface area contributed by atoms with Crippen LogP contribution < -0.4 is 0 Å². The van der Waals surface area contributed by atoms with E-state index >= 15 is 0 Å². The highest BCUT2D eigenvalue weighted by Crippen LogP contribution is 2.41. The van der Waals surface area contributed by atoms with E-state index in [0.29, 0.717) is 22.3 Å². The lowest BCUT2D eigenvalue weighted by atomic mass is 10.2. The van der Waals surface area contributed by atoms with Gasteiger partial charge in [-0.25, -0.2) is 9.48 Å². The summed E-state index contributed by atoms with van der Waals surface area (Å²) in [7, 11) is 0. The average Bonchev–Trinajstić information content (AvgIpc) is 3.14. The maximum atomic E-state index is 11.2. The number of carbonyl (C=O) groups is 1. The van der Waals surface area contributed by atoms with Gasteiger partial charge in [-0.2, -0.15) is 0 Å². The first-order valence-electron chi connectivity index (χ1n) is 6.17. The molecule has 2 aromatic rings. The Balaban J connectivity index is 2.01. The van der Waals surface area contributed by atoms with Gasteiger partial charge in [-0.3, -0.25) is 0 Å². The number of hydrogen-bond donors (Lipinski definition) is 1. The molecule has 1 aliphatic rings. The van der Waals surface area contributed by atoms with Crippen molar-refractivity contribution >= 4 is 29.2 Å². The van der Waals surface area contributed by atoms with Crippen molar-refractivity contribution in [3.8, 4) is 0 Å². The number of hydrogen-bond acceptors (Lipinski definition) is 3. The molecular formula is C13H11Cl2N3O2. The van der Waals surface area contributed by atoms with Crippen LogP contribution in [0, 0.1) is 0 Å². The normalized spacial score (nSPS) is 14.5. The lowest BCUT2D eigenvalue weighted by molar-refractivity contribution is 0.0689. The van der Waals surface area contributed by atoms with Crippen LogP contribution >= 0.6 is 23.2 Å². The minimum atomic E-state index is -1.05. The van der Waals surface area contributed by atoms with E-state index < -0.39 is 5.97 Å². The van der Waals surface area contributed by atoms with Crippen LogP contribution in [0.2, 0.25) is 10.0 Å². The molecule has 1 heterocycles. The first-order valence-corrected chi connectivity index (χ1v) is 6.93. The molecule has 0 aliphatic heterocycles. The van der Waals surface area contributed by atoms with E-state index in [-0.39, 0.29) is 11.6 Å². The fourth-order valence-corrected chi connectivity index (χ4v) is 2.70. The molecule has 1 fully saturated rings. The third-order valence-electron chi connectivity index (χ3n) is 3.31. The number of benzene rings is 1. The van der Waals surface area contributed by atoms with Gasteiger partial charge in [0, 0.05) is 21.5 Å². The van der Waals surface area contributed by atoms with Gasteiger partial charge >= 0.3 is 5.97 Å². The molecule has 1 aliphatic carbocycles. The van der Waals surface area contributed by atoms with E-state index in [9.17, 15) is 4.79 Å². The largest absolute Gasteiger partial charge is 0.476 e. The molecule has 0 atom stereocenters. The molecule has 1 N–H and O–H groups in total. The van der Waals surface area contributed by atoms with Gasteiger partial charge in [0.25, 0.3) is 0 Å². The Morgan fingerprint density at radius 2 is 2.00 bits per heavy atom. The molecule has 0 amide bonds. The van der Waals surface area contributed by atoms with Gasteiger partial charge < -0.3 is 5.11 Å². The highest BCUT2D eigenvalue weighted by Gasteiger charge is 2.33. The van der Waals surface area contributed by atoms with Gasteiger partial charge in [0.05, 0.1) is 12.2 Å². The molecule has 3 rings (SSSR count). The average molecular weight is 312 g/mol. The molecule has 1 aromatic heterocycles. The van der Waals surface area contributed by atoms with Crippen molar-refractivity contribution in [2.45, 2.75) is 25.3 Å². The molecule has 0 bridgehead atoms. The van der Waals surface area contributed by atoms with Crippen LogP contribution in [0.4, 0.5) is 0 Å². The second kappa shape index (κ2) is 5.07. The van der Waals surface area contributed by atoms with Crippen LogP contribution in [0.3, 0.4) is 0 Å². The monoisotopic (exact) mass is 311 g/mol. The molecule has 104 valence electrons. The summed E-state index contributed by atoms with van der Waals surface area (Å²) in [6, 6.07) is 5.25. The molecule has 0 spiro atoms. The third kappa shape index (κ3) is 2.39. The van der Waals surface area contributed by atoms with Crippen LogP contribution in [0.1, 0.15) is 40.5 Å². The van der Waals surface area contributed by atoms with Crippen LogP contribution in [-0.4, -0.2) is 26.1 Å². The molecule has 0 unspecified atom stereocenters. The Labute approximate surface area is 125 Å². The van der Waals surface area contributed by atoms with Crippen molar-refractivity contribution in [2.75, 3.05) is 0 Å². The predicted molar refractivity (Wildman–Crippen MR) is 74.5 cm³/mol. The quantitative estimate of drug-likeness (QED) is 0.941.